The molecular formula is C14H27N3O. The van der Waals surface area contributed by atoms with E-state index in [2.05, 4.69) is 29.0 Å². The van der Waals surface area contributed by atoms with E-state index in [1.807, 2.05) is 6.92 Å². The van der Waals surface area contributed by atoms with Gasteiger partial charge >= 0.3 is 0 Å². The lowest BCUT2D eigenvalue weighted by Crippen LogP contribution is -2.58. The van der Waals surface area contributed by atoms with Crippen LogP contribution < -0.4 is 5.32 Å². The Morgan fingerprint density at radius 2 is 2.11 bits per heavy atom. The normalized spacial score (nSPS) is 31.1. The van der Waals surface area contributed by atoms with E-state index in [-0.39, 0.29) is 11.9 Å². The zero-order chi connectivity index (χ0) is 13.1. The van der Waals surface area contributed by atoms with Crippen molar-refractivity contribution in [1.82, 2.24) is 15.1 Å². The third-order valence-electron chi connectivity index (χ3n) is 4.28. The van der Waals surface area contributed by atoms with Crippen LogP contribution in [0.4, 0.5) is 0 Å². The van der Waals surface area contributed by atoms with Crippen LogP contribution in [0, 0.1) is 0 Å². The second kappa shape index (κ2) is 6.02. The van der Waals surface area contributed by atoms with Gasteiger partial charge in [0.15, 0.2) is 0 Å². The summed E-state index contributed by atoms with van der Waals surface area (Å²) in [5, 5.41) is 3.23. The summed E-state index contributed by atoms with van der Waals surface area (Å²) < 4.78 is 0. The highest BCUT2D eigenvalue weighted by molar-refractivity contribution is 5.82. The number of hydrogen-bond donors (Lipinski definition) is 1. The maximum atomic E-state index is 12.1. The Morgan fingerprint density at radius 3 is 2.83 bits per heavy atom. The van der Waals surface area contributed by atoms with Crippen molar-refractivity contribution >= 4 is 5.91 Å². The Labute approximate surface area is 111 Å². The predicted molar refractivity (Wildman–Crippen MR) is 73.5 cm³/mol. The van der Waals surface area contributed by atoms with Crippen LogP contribution in [0.5, 0.6) is 0 Å². The molecule has 2 unspecified atom stereocenters. The molecule has 0 spiro atoms. The first kappa shape index (κ1) is 13.8. The van der Waals surface area contributed by atoms with Gasteiger partial charge in [-0.2, -0.15) is 0 Å². The summed E-state index contributed by atoms with van der Waals surface area (Å²) in [6.07, 6.45) is 3.86. The van der Waals surface area contributed by atoms with Crippen molar-refractivity contribution in [3.8, 4) is 0 Å². The minimum Gasteiger partial charge on any atom is -0.339 e. The van der Waals surface area contributed by atoms with Crippen molar-refractivity contribution in [1.29, 1.82) is 0 Å². The van der Waals surface area contributed by atoms with E-state index in [1.165, 1.54) is 25.8 Å². The molecule has 0 aromatic rings. The number of piperidine rings is 1. The lowest BCUT2D eigenvalue weighted by molar-refractivity contribution is -0.136. The average Bonchev–Trinajstić information content (AvgIpc) is 2.35. The van der Waals surface area contributed by atoms with Crippen molar-refractivity contribution in [3.63, 3.8) is 0 Å². The standard InChI is InChI=1S/C14H27N3O/c1-11(2)17-8-5-4-6-13(17)10-16-9-7-15-12(3)14(16)18/h11-13,15H,4-10H2,1-3H3. The SMILES string of the molecule is CC1NCCN(CC2CCCCN2C(C)C)C1=O. The van der Waals surface area contributed by atoms with Crippen LogP contribution in [0.1, 0.15) is 40.0 Å². The molecule has 2 heterocycles. The maximum Gasteiger partial charge on any atom is 0.239 e. The first-order chi connectivity index (χ1) is 8.59. The van der Waals surface area contributed by atoms with Crippen LogP contribution in [-0.4, -0.2) is 60.0 Å². The summed E-state index contributed by atoms with van der Waals surface area (Å²) in [7, 11) is 0. The number of hydrogen-bond acceptors (Lipinski definition) is 3. The van der Waals surface area contributed by atoms with Gasteiger partial charge in [-0.1, -0.05) is 6.42 Å². The fourth-order valence-electron chi connectivity index (χ4n) is 3.22. The molecule has 18 heavy (non-hydrogen) atoms. The number of nitrogens with zero attached hydrogens (tertiary/aromatic N) is 2. The van der Waals surface area contributed by atoms with Crippen LogP contribution >= 0.6 is 0 Å². The van der Waals surface area contributed by atoms with Crippen molar-refractivity contribution < 1.29 is 4.79 Å². The number of piperazine rings is 1. The van der Waals surface area contributed by atoms with E-state index in [4.69, 9.17) is 0 Å². The molecular weight excluding hydrogens is 226 g/mol. The first-order valence-electron chi connectivity index (χ1n) is 7.37. The molecule has 2 aliphatic heterocycles. The van der Waals surface area contributed by atoms with Gasteiger partial charge in [0, 0.05) is 31.7 Å². The van der Waals surface area contributed by atoms with Crippen molar-refractivity contribution in [2.75, 3.05) is 26.2 Å². The molecule has 104 valence electrons. The Balaban J connectivity index is 1.96. The molecule has 2 atom stereocenters. The smallest absolute Gasteiger partial charge is 0.239 e. The van der Waals surface area contributed by atoms with E-state index in [9.17, 15) is 4.79 Å². The lowest BCUT2D eigenvalue weighted by Gasteiger charge is -2.42. The molecule has 0 radical (unpaired) electrons. The zero-order valence-corrected chi connectivity index (χ0v) is 12.0. The number of carbonyl (C=O) groups excluding carboxylic acids is 1. The minimum absolute atomic E-state index is 0.00478. The van der Waals surface area contributed by atoms with Crippen molar-refractivity contribution in [3.05, 3.63) is 0 Å². The number of amides is 1. The lowest BCUT2D eigenvalue weighted by atomic mass is 9.99. The molecule has 0 aromatic carbocycles. The Hall–Kier alpha value is -0.610. The maximum absolute atomic E-state index is 12.1. The zero-order valence-electron chi connectivity index (χ0n) is 12.0. The molecule has 0 bridgehead atoms. The summed E-state index contributed by atoms with van der Waals surface area (Å²) in [4.78, 5) is 16.8. The average molecular weight is 253 g/mol. The van der Waals surface area contributed by atoms with Gasteiger partial charge in [-0.05, 0) is 40.2 Å². The molecule has 0 aliphatic carbocycles. The summed E-state index contributed by atoms with van der Waals surface area (Å²) in [6.45, 7) is 10.4. The molecule has 2 saturated heterocycles. The van der Waals surface area contributed by atoms with Gasteiger partial charge in [0.05, 0.1) is 6.04 Å². The van der Waals surface area contributed by atoms with Gasteiger partial charge in [0.2, 0.25) is 5.91 Å². The summed E-state index contributed by atoms with van der Waals surface area (Å²) in [6, 6.07) is 1.15. The molecule has 4 nitrogen and oxygen atoms in total. The Bertz CT molecular complexity index is 293. The number of likely N-dealkylation sites (tertiary alicyclic amines) is 1. The second-order valence-electron chi connectivity index (χ2n) is 5.94. The first-order valence-corrected chi connectivity index (χ1v) is 7.37. The van der Waals surface area contributed by atoms with Gasteiger partial charge in [-0.15, -0.1) is 0 Å². The molecule has 2 fully saturated rings. The third-order valence-corrected chi connectivity index (χ3v) is 4.28. The van der Waals surface area contributed by atoms with Gasteiger partial charge < -0.3 is 10.2 Å². The van der Waals surface area contributed by atoms with Crippen LogP contribution in [-0.2, 0) is 4.79 Å². The highest BCUT2D eigenvalue weighted by Gasteiger charge is 2.30. The molecule has 4 heteroatoms. The fourth-order valence-corrected chi connectivity index (χ4v) is 3.22. The summed E-state index contributed by atoms with van der Waals surface area (Å²) >= 11 is 0. The van der Waals surface area contributed by atoms with E-state index < -0.39 is 0 Å². The molecule has 1 N–H and O–H groups in total. The third kappa shape index (κ3) is 3.04. The minimum atomic E-state index is -0.00478. The molecule has 0 aromatic heterocycles. The fraction of sp³-hybridized carbons (Fsp3) is 0.929. The van der Waals surface area contributed by atoms with E-state index in [1.54, 1.807) is 0 Å². The van der Waals surface area contributed by atoms with Gasteiger partial charge in [0.25, 0.3) is 0 Å². The Morgan fingerprint density at radius 1 is 1.33 bits per heavy atom. The van der Waals surface area contributed by atoms with E-state index >= 15 is 0 Å². The molecule has 2 rings (SSSR count). The van der Waals surface area contributed by atoms with Crippen LogP contribution in [0.25, 0.3) is 0 Å². The number of nitrogens with one attached hydrogen (secondary N) is 1. The highest BCUT2D eigenvalue weighted by atomic mass is 16.2. The van der Waals surface area contributed by atoms with Crippen LogP contribution in [0.2, 0.25) is 0 Å². The second-order valence-corrected chi connectivity index (χ2v) is 5.94. The predicted octanol–water partition coefficient (Wildman–Crippen LogP) is 1.07. The molecule has 0 saturated carbocycles. The molecule has 2 aliphatic rings. The van der Waals surface area contributed by atoms with Crippen molar-refractivity contribution in [2.24, 2.45) is 0 Å². The number of rotatable bonds is 3. The molecule has 1 amide bonds. The quantitative estimate of drug-likeness (QED) is 0.817. The van der Waals surface area contributed by atoms with Crippen molar-refractivity contribution in [2.45, 2.75) is 58.2 Å². The van der Waals surface area contributed by atoms with Crippen LogP contribution in [0.15, 0.2) is 0 Å². The van der Waals surface area contributed by atoms with Gasteiger partial charge in [-0.25, -0.2) is 0 Å². The highest BCUT2D eigenvalue weighted by Crippen LogP contribution is 2.21. The Kier molecular flexibility index (Phi) is 4.62. The topological polar surface area (TPSA) is 35.6 Å². The van der Waals surface area contributed by atoms with E-state index in [0.29, 0.717) is 12.1 Å². The summed E-state index contributed by atoms with van der Waals surface area (Å²) in [5.74, 6) is 0.274. The monoisotopic (exact) mass is 253 g/mol. The largest absolute Gasteiger partial charge is 0.339 e. The summed E-state index contributed by atoms with van der Waals surface area (Å²) in [5.41, 5.74) is 0. The van der Waals surface area contributed by atoms with Gasteiger partial charge in [0.1, 0.15) is 0 Å². The number of carbonyl (C=O) groups is 1. The van der Waals surface area contributed by atoms with E-state index in [0.717, 1.165) is 19.6 Å². The van der Waals surface area contributed by atoms with Gasteiger partial charge in [-0.3, -0.25) is 9.69 Å². The van der Waals surface area contributed by atoms with Crippen LogP contribution in [0.3, 0.4) is 0 Å².